The number of benzene rings is 1. The van der Waals surface area contributed by atoms with E-state index < -0.39 is 11.5 Å². The Bertz CT molecular complexity index is 449. The predicted molar refractivity (Wildman–Crippen MR) is 63.3 cm³/mol. The van der Waals surface area contributed by atoms with Crippen molar-refractivity contribution in [3.05, 3.63) is 33.8 Å². The molecule has 1 aliphatic rings. The summed E-state index contributed by atoms with van der Waals surface area (Å²) >= 11 is 11.7. The number of aliphatic hydroxyl groups is 1. The standard InChI is InChI=1S/C12H11Cl2NO/c13-9-3-2-8(6-10(9)14)11(16)12(7-15)4-1-5-12/h2-3,6,11,16H,1,4-5H2. The lowest BCUT2D eigenvalue weighted by Crippen LogP contribution is -2.34. The molecule has 0 heterocycles. The van der Waals surface area contributed by atoms with Gasteiger partial charge in [0.2, 0.25) is 0 Å². The van der Waals surface area contributed by atoms with Gasteiger partial charge in [-0.25, -0.2) is 0 Å². The fraction of sp³-hybridized carbons (Fsp3) is 0.417. The van der Waals surface area contributed by atoms with Crippen molar-refractivity contribution in [1.82, 2.24) is 0 Å². The molecule has 16 heavy (non-hydrogen) atoms. The summed E-state index contributed by atoms with van der Waals surface area (Å²) in [4.78, 5) is 0. The molecule has 1 saturated carbocycles. The van der Waals surface area contributed by atoms with Crippen LogP contribution in [0.25, 0.3) is 0 Å². The molecule has 2 rings (SSSR count). The molecule has 1 atom stereocenters. The van der Waals surface area contributed by atoms with Gasteiger partial charge in [0.25, 0.3) is 0 Å². The number of aliphatic hydroxyl groups excluding tert-OH is 1. The monoisotopic (exact) mass is 255 g/mol. The SMILES string of the molecule is N#CC1(C(O)c2ccc(Cl)c(Cl)c2)CCC1. The van der Waals surface area contributed by atoms with Crippen molar-refractivity contribution < 1.29 is 5.11 Å². The molecule has 1 aliphatic carbocycles. The van der Waals surface area contributed by atoms with Gasteiger partial charge in [-0.15, -0.1) is 0 Å². The first-order valence-corrected chi connectivity index (χ1v) is 5.89. The van der Waals surface area contributed by atoms with Gasteiger partial charge in [0, 0.05) is 0 Å². The molecule has 0 amide bonds. The molecular formula is C12H11Cl2NO. The van der Waals surface area contributed by atoms with Crippen LogP contribution in [0.1, 0.15) is 30.9 Å². The second-order valence-electron chi connectivity index (χ2n) is 4.20. The lowest BCUT2D eigenvalue weighted by Gasteiger charge is -2.39. The molecule has 1 unspecified atom stereocenters. The minimum absolute atomic E-state index is 0.408. The van der Waals surface area contributed by atoms with Crippen molar-refractivity contribution in [2.45, 2.75) is 25.4 Å². The Hall–Kier alpha value is -0.750. The van der Waals surface area contributed by atoms with Crippen LogP contribution in [0.5, 0.6) is 0 Å². The molecule has 0 radical (unpaired) electrons. The van der Waals surface area contributed by atoms with E-state index >= 15 is 0 Å². The Kier molecular flexibility index (Phi) is 3.12. The van der Waals surface area contributed by atoms with Crippen LogP contribution in [0.15, 0.2) is 18.2 Å². The zero-order chi connectivity index (χ0) is 11.8. The smallest absolute Gasteiger partial charge is 0.0976 e. The maximum atomic E-state index is 10.2. The van der Waals surface area contributed by atoms with Gasteiger partial charge in [0.05, 0.1) is 27.6 Å². The van der Waals surface area contributed by atoms with Gasteiger partial charge >= 0.3 is 0 Å². The van der Waals surface area contributed by atoms with Gasteiger partial charge in [-0.05, 0) is 30.5 Å². The molecular weight excluding hydrogens is 245 g/mol. The molecule has 0 aliphatic heterocycles. The number of hydrogen-bond acceptors (Lipinski definition) is 2. The van der Waals surface area contributed by atoms with E-state index in [0.29, 0.717) is 15.6 Å². The lowest BCUT2D eigenvalue weighted by atomic mass is 9.65. The van der Waals surface area contributed by atoms with Gasteiger partial charge in [-0.1, -0.05) is 35.7 Å². The van der Waals surface area contributed by atoms with E-state index in [-0.39, 0.29) is 0 Å². The fourth-order valence-corrected chi connectivity index (χ4v) is 2.31. The molecule has 0 bridgehead atoms. The Morgan fingerprint density at radius 3 is 2.44 bits per heavy atom. The van der Waals surface area contributed by atoms with Crippen LogP contribution in [0.4, 0.5) is 0 Å². The maximum Gasteiger partial charge on any atom is 0.0976 e. The van der Waals surface area contributed by atoms with Crippen LogP contribution in [-0.2, 0) is 0 Å². The first-order valence-electron chi connectivity index (χ1n) is 5.13. The van der Waals surface area contributed by atoms with Gasteiger partial charge < -0.3 is 5.11 Å². The molecule has 4 heteroatoms. The maximum absolute atomic E-state index is 10.2. The summed E-state index contributed by atoms with van der Waals surface area (Å²) in [6.07, 6.45) is 1.70. The molecule has 1 N–H and O–H groups in total. The number of nitriles is 1. The van der Waals surface area contributed by atoms with E-state index in [1.807, 2.05) is 0 Å². The summed E-state index contributed by atoms with van der Waals surface area (Å²) in [5.41, 5.74) is 0.0348. The van der Waals surface area contributed by atoms with Crippen molar-refractivity contribution in [3.63, 3.8) is 0 Å². The largest absolute Gasteiger partial charge is 0.387 e. The Labute approximate surface area is 104 Å². The second-order valence-corrected chi connectivity index (χ2v) is 5.01. The predicted octanol–water partition coefficient (Wildman–Crippen LogP) is 3.72. The van der Waals surface area contributed by atoms with E-state index in [1.54, 1.807) is 18.2 Å². The summed E-state index contributed by atoms with van der Waals surface area (Å²) in [5.74, 6) is 0. The van der Waals surface area contributed by atoms with E-state index in [4.69, 9.17) is 28.5 Å². The van der Waals surface area contributed by atoms with E-state index in [2.05, 4.69) is 6.07 Å². The summed E-state index contributed by atoms with van der Waals surface area (Å²) in [5, 5.41) is 20.2. The van der Waals surface area contributed by atoms with Crippen molar-refractivity contribution in [2.24, 2.45) is 5.41 Å². The Morgan fingerprint density at radius 1 is 1.31 bits per heavy atom. The normalized spacial score (nSPS) is 19.6. The third-order valence-electron chi connectivity index (χ3n) is 3.25. The van der Waals surface area contributed by atoms with Crippen LogP contribution in [0.3, 0.4) is 0 Å². The molecule has 84 valence electrons. The molecule has 0 aromatic heterocycles. The van der Waals surface area contributed by atoms with E-state index in [0.717, 1.165) is 19.3 Å². The van der Waals surface area contributed by atoms with Crippen LogP contribution in [-0.4, -0.2) is 5.11 Å². The molecule has 1 fully saturated rings. The summed E-state index contributed by atoms with van der Waals surface area (Å²) < 4.78 is 0. The minimum atomic E-state index is -0.777. The van der Waals surface area contributed by atoms with Gasteiger partial charge in [0.15, 0.2) is 0 Å². The van der Waals surface area contributed by atoms with Crippen LogP contribution in [0.2, 0.25) is 10.0 Å². The highest BCUT2D eigenvalue weighted by Gasteiger charge is 2.44. The van der Waals surface area contributed by atoms with E-state index in [9.17, 15) is 5.11 Å². The first kappa shape index (κ1) is 11.7. The van der Waals surface area contributed by atoms with Crippen LogP contribution < -0.4 is 0 Å². The van der Waals surface area contributed by atoms with E-state index in [1.165, 1.54) is 0 Å². The van der Waals surface area contributed by atoms with Crippen molar-refractivity contribution in [3.8, 4) is 6.07 Å². The molecule has 1 aromatic carbocycles. The fourth-order valence-electron chi connectivity index (χ4n) is 2.01. The number of nitrogens with zero attached hydrogens (tertiary/aromatic N) is 1. The zero-order valence-corrected chi connectivity index (χ0v) is 10.1. The van der Waals surface area contributed by atoms with Crippen LogP contribution >= 0.6 is 23.2 Å². The molecule has 2 nitrogen and oxygen atoms in total. The number of rotatable bonds is 2. The Morgan fingerprint density at radius 2 is 2.00 bits per heavy atom. The highest BCUT2D eigenvalue weighted by atomic mass is 35.5. The van der Waals surface area contributed by atoms with Crippen molar-refractivity contribution >= 4 is 23.2 Å². The number of hydrogen-bond donors (Lipinski definition) is 1. The van der Waals surface area contributed by atoms with Crippen molar-refractivity contribution in [1.29, 1.82) is 5.26 Å². The summed E-state index contributed by atoms with van der Waals surface area (Å²) in [6, 6.07) is 7.22. The van der Waals surface area contributed by atoms with Crippen molar-refractivity contribution in [2.75, 3.05) is 0 Å². The number of halogens is 2. The average Bonchev–Trinajstić information content (AvgIpc) is 2.21. The van der Waals surface area contributed by atoms with Gasteiger partial charge in [-0.3, -0.25) is 0 Å². The minimum Gasteiger partial charge on any atom is -0.387 e. The topological polar surface area (TPSA) is 44.0 Å². The molecule has 0 saturated heterocycles. The third kappa shape index (κ3) is 1.80. The van der Waals surface area contributed by atoms with Gasteiger partial charge in [0.1, 0.15) is 0 Å². The lowest BCUT2D eigenvalue weighted by molar-refractivity contribution is 0.00796. The van der Waals surface area contributed by atoms with Crippen LogP contribution in [0, 0.1) is 16.7 Å². The quantitative estimate of drug-likeness (QED) is 0.876. The zero-order valence-electron chi connectivity index (χ0n) is 8.58. The summed E-state index contributed by atoms with van der Waals surface area (Å²) in [7, 11) is 0. The Balaban J connectivity index is 2.31. The second kappa shape index (κ2) is 4.25. The van der Waals surface area contributed by atoms with Gasteiger partial charge in [-0.2, -0.15) is 5.26 Å². The highest BCUT2D eigenvalue weighted by molar-refractivity contribution is 6.42. The summed E-state index contributed by atoms with van der Waals surface area (Å²) in [6.45, 7) is 0. The average molecular weight is 256 g/mol. The first-order chi connectivity index (χ1) is 7.59. The molecule has 0 spiro atoms. The molecule has 1 aromatic rings. The highest BCUT2D eigenvalue weighted by Crippen LogP contribution is 2.50. The third-order valence-corrected chi connectivity index (χ3v) is 3.99.